The Hall–Kier alpha value is -5.56. The van der Waals surface area contributed by atoms with E-state index < -0.39 is 152 Å². The summed E-state index contributed by atoms with van der Waals surface area (Å²) in [5.41, 5.74) is 5.69. The second-order valence-corrected chi connectivity index (χ2v) is 21.1. The molecule has 432 valence electrons. The highest BCUT2D eigenvalue weighted by Crippen LogP contribution is 2.27. The van der Waals surface area contributed by atoms with E-state index in [4.69, 9.17) is 5.73 Å². The molecule has 7 amide bonds. The molecule has 3 aliphatic heterocycles. The number of rotatable bonds is 22. The van der Waals surface area contributed by atoms with Gasteiger partial charge < -0.3 is 83.0 Å². The van der Waals surface area contributed by atoms with E-state index in [0.29, 0.717) is 24.7 Å². The van der Waals surface area contributed by atoms with Crippen LogP contribution in [0.4, 0.5) is 0 Å². The number of aliphatic hydroxyl groups is 7. The van der Waals surface area contributed by atoms with Gasteiger partial charge in [0, 0.05) is 45.4 Å². The molecule has 3 fully saturated rings. The molecule has 2 unspecified atom stereocenters. The van der Waals surface area contributed by atoms with Crippen LogP contribution in [-0.4, -0.2) is 197 Å². The van der Waals surface area contributed by atoms with Crippen LogP contribution in [0.15, 0.2) is 24.3 Å². The number of hydrogen-bond donors (Lipinski definition) is 15. The first-order chi connectivity index (χ1) is 36.5. The smallest absolute Gasteiger partial charge is 0.248 e. The van der Waals surface area contributed by atoms with Crippen LogP contribution in [0.3, 0.4) is 0 Å². The molecular weight excluding hydrogens is 1000 g/mol. The maximum Gasteiger partial charge on any atom is 0.248 e. The van der Waals surface area contributed by atoms with Crippen LogP contribution < -0.4 is 37.6 Å². The number of hydrogen-bond acceptors (Lipinski definition) is 18. The third kappa shape index (κ3) is 18.5. The van der Waals surface area contributed by atoms with Gasteiger partial charge in [-0.15, -0.1) is 0 Å². The number of nitrogens with one attached hydrogen (secondary N) is 6. The van der Waals surface area contributed by atoms with Gasteiger partial charge in [-0.2, -0.15) is 5.26 Å². The fourth-order valence-electron chi connectivity index (χ4n) is 10.1. The van der Waals surface area contributed by atoms with E-state index >= 15 is 0 Å². The zero-order chi connectivity index (χ0) is 57.1. The monoisotopic (exact) mass is 1090 g/mol. The maximum absolute atomic E-state index is 14.5. The number of unbranched alkanes of at least 4 members (excludes halogenated alkanes) is 5. The lowest BCUT2D eigenvalue weighted by Gasteiger charge is -2.34. The van der Waals surface area contributed by atoms with Crippen molar-refractivity contribution in [2.45, 2.75) is 203 Å². The fraction of sp³-hybridized carbons (Fsp3) is 0.731. The number of fused-ring (bicyclic) bond motifs is 2. The molecule has 1 aromatic rings. The van der Waals surface area contributed by atoms with Crippen molar-refractivity contribution in [3.63, 3.8) is 0 Å². The zero-order valence-electron chi connectivity index (χ0n) is 44.6. The predicted octanol–water partition coefficient (Wildman–Crippen LogP) is -2.75. The van der Waals surface area contributed by atoms with E-state index in [1.165, 1.54) is 18.6 Å². The average Bonchev–Trinajstić information content (AvgIpc) is 3.99. The number of phenols is 1. The molecule has 3 saturated heterocycles. The Bertz CT molecular complexity index is 2150. The quantitative estimate of drug-likeness (QED) is 0.0524. The van der Waals surface area contributed by atoms with E-state index in [2.05, 4.69) is 52.7 Å². The van der Waals surface area contributed by atoms with Crippen molar-refractivity contribution in [1.82, 2.24) is 41.7 Å². The Morgan fingerprint density at radius 2 is 1.40 bits per heavy atom. The minimum atomic E-state index is -2.32. The Morgan fingerprint density at radius 1 is 0.779 bits per heavy atom. The summed E-state index contributed by atoms with van der Waals surface area (Å²) >= 11 is 0. The summed E-state index contributed by atoms with van der Waals surface area (Å²) in [4.78, 5) is 102. The van der Waals surface area contributed by atoms with Crippen molar-refractivity contribution in [2.75, 3.05) is 26.2 Å². The second-order valence-electron chi connectivity index (χ2n) is 21.1. The molecule has 0 aromatic heterocycles. The number of nitrogens with two attached hydrogens (primary N) is 1. The number of carbonyl (C=O) groups excluding carboxylic acids is 7. The highest BCUT2D eigenvalue weighted by atomic mass is 16.3. The molecule has 3 heterocycles. The number of aliphatic hydroxyl groups excluding tert-OH is 7. The third-order valence-electron chi connectivity index (χ3n) is 14.7. The maximum atomic E-state index is 14.5. The standard InChI is InChI=1S/C52H84N10O15/c1-5-28(2)24-29(3)12-10-8-6-7-9-11-13-39(69)56-34-26-38(68)46(55-22-21-54)60-50(75)43-37(67)19-23-61(43)52(77)41(36(66)18-20-53)58-49(74)42(45(71)44(70)31-14-16-32(64)17-15-31)59-48(73)35-25-33(65)27-62(35)51(76)40(30(4)63)57-47(34)72/h14-17,28-30,33-38,40-46,55,63-68,70-71H,5-13,18-19,21-27,54H2,1-4H3,(H,56,69)(H,57,72)(H,58,74)(H,59,73)(H,60,75)/t28?,29?,30-,33-,34+,35+,36-,37+,38-,40+,41+,42+,43+,44+,45+,46+/m1/s1. The minimum absolute atomic E-state index is 0.0366. The summed E-state index contributed by atoms with van der Waals surface area (Å²) in [5.74, 6) is -6.74. The van der Waals surface area contributed by atoms with Crippen LogP contribution in [0, 0.1) is 23.2 Å². The lowest BCUT2D eigenvalue weighted by Crippen LogP contribution is -2.65. The van der Waals surface area contributed by atoms with Crippen molar-refractivity contribution in [2.24, 2.45) is 17.6 Å². The predicted molar refractivity (Wildman–Crippen MR) is 277 cm³/mol. The van der Waals surface area contributed by atoms with Gasteiger partial charge in [0.05, 0.1) is 43.0 Å². The first kappa shape index (κ1) is 64.0. The summed E-state index contributed by atoms with van der Waals surface area (Å²) in [5, 5.41) is 114. The molecule has 25 heteroatoms. The average molecular weight is 1090 g/mol. The summed E-state index contributed by atoms with van der Waals surface area (Å²) in [6.07, 6.45) is -8.00. The SMILES string of the molecule is CCC(C)CC(C)CCCCCCCCC(=O)N[C@H]1C[C@@H](O)[C@@H](NCCN)NC(=O)[C@@H]2[C@@H](O)CCN2C(=O)[C@H]([C@H](O)CC#N)NC(=O)[C@H]([C@H](O)[C@@H](O)c2ccc(O)cc2)NC(=O)[C@@H]2C[C@@H](O)CN2C(=O)[C@H]([C@@H](C)O)NC1=O. The van der Waals surface area contributed by atoms with Crippen LogP contribution in [0.5, 0.6) is 5.75 Å². The van der Waals surface area contributed by atoms with Crippen LogP contribution in [-0.2, 0) is 33.6 Å². The number of nitrogens with zero attached hydrogens (tertiary/aromatic N) is 3. The molecule has 0 radical (unpaired) electrons. The van der Waals surface area contributed by atoms with Crippen molar-refractivity contribution in [3.8, 4) is 11.8 Å². The molecule has 0 bridgehead atoms. The van der Waals surface area contributed by atoms with Gasteiger partial charge in [-0.05, 0) is 55.7 Å². The third-order valence-corrected chi connectivity index (χ3v) is 14.7. The number of benzene rings is 1. The minimum Gasteiger partial charge on any atom is -0.508 e. The van der Waals surface area contributed by atoms with Crippen LogP contribution in [0.2, 0.25) is 0 Å². The van der Waals surface area contributed by atoms with Gasteiger partial charge in [-0.25, -0.2) is 0 Å². The van der Waals surface area contributed by atoms with E-state index in [0.717, 1.165) is 67.4 Å². The lowest BCUT2D eigenvalue weighted by molar-refractivity contribution is -0.148. The number of phenolic OH excluding ortho intramolecular Hbond substituents is 1. The summed E-state index contributed by atoms with van der Waals surface area (Å²) in [6, 6.07) is -5.11. The Labute approximate surface area is 449 Å². The molecule has 0 spiro atoms. The van der Waals surface area contributed by atoms with Gasteiger partial charge in [-0.3, -0.25) is 38.9 Å². The van der Waals surface area contributed by atoms with Crippen LogP contribution in [0.1, 0.15) is 129 Å². The number of carbonyl (C=O) groups is 7. The van der Waals surface area contributed by atoms with Gasteiger partial charge in [-0.1, -0.05) is 77.8 Å². The molecule has 16 atom stereocenters. The summed E-state index contributed by atoms with van der Waals surface area (Å²) < 4.78 is 0. The van der Waals surface area contributed by atoms with Crippen molar-refractivity contribution < 1.29 is 74.4 Å². The number of amides is 7. The van der Waals surface area contributed by atoms with Crippen molar-refractivity contribution in [3.05, 3.63) is 29.8 Å². The van der Waals surface area contributed by atoms with Crippen LogP contribution in [0.25, 0.3) is 0 Å². The molecule has 77 heavy (non-hydrogen) atoms. The highest BCUT2D eigenvalue weighted by Gasteiger charge is 2.49. The number of aromatic hydroxyl groups is 1. The molecule has 25 nitrogen and oxygen atoms in total. The van der Waals surface area contributed by atoms with Crippen LogP contribution >= 0.6 is 0 Å². The summed E-state index contributed by atoms with van der Waals surface area (Å²) in [7, 11) is 0. The van der Waals surface area contributed by atoms with Gasteiger partial charge >= 0.3 is 0 Å². The fourth-order valence-corrected chi connectivity index (χ4v) is 10.1. The van der Waals surface area contributed by atoms with E-state index in [9.17, 15) is 79.7 Å². The molecule has 3 aliphatic rings. The molecule has 0 aliphatic carbocycles. The van der Waals surface area contributed by atoms with E-state index in [1.807, 2.05) is 0 Å². The Morgan fingerprint density at radius 3 is 2.04 bits per heavy atom. The summed E-state index contributed by atoms with van der Waals surface area (Å²) in [6.45, 7) is 6.84. The van der Waals surface area contributed by atoms with E-state index in [-0.39, 0.29) is 43.8 Å². The first-order valence-electron chi connectivity index (χ1n) is 27.0. The van der Waals surface area contributed by atoms with Gasteiger partial charge in [0.15, 0.2) is 0 Å². The number of nitriles is 1. The molecule has 4 rings (SSSR count). The Balaban J connectivity index is 1.73. The highest BCUT2D eigenvalue weighted by molar-refractivity contribution is 5.98. The van der Waals surface area contributed by atoms with Gasteiger partial charge in [0.2, 0.25) is 41.4 Å². The first-order valence-corrected chi connectivity index (χ1v) is 27.0. The topological polar surface area (TPSA) is 410 Å². The molecular formula is C52H84N10O15. The normalized spacial score (nSPS) is 28.5. The molecule has 16 N–H and O–H groups in total. The zero-order valence-corrected chi connectivity index (χ0v) is 44.6. The van der Waals surface area contributed by atoms with Crippen molar-refractivity contribution >= 4 is 41.4 Å². The lowest BCUT2D eigenvalue weighted by atomic mass is 9.91. The van der Waals surface area contributed by atoms with Crippen molar-refractivity contribution in [1.29, 1.82) is 5.26 Å². The second kappa shape index (κ2) is 31.1. The largest absolute Gasteiger partial charge is 0.508 e. The Kier molecular flexibility index (Phi) is 25.9. The van der Waals surface area contributed by atoms with Gasteiger partial charge in [0.25, 0.3) is 0 Å². The van der Waals surface area contributed by atoms with Gasteiger partial charge in [0.1, 0.15) is 60.4 Å². The molecule has 1 aromatic carbocycles. The molecule has 0 saturated carbocycles. The van der Waals surface area contributed by atoms with E-state index in [1.54, 1.807) is 6.07 Å².